The zero-order valence-corrected chi connectivity index (χ0v) is 13.3. The maximum Gasteiger partial charge on any atom is 0.408 e. The zero-order chi connectivity index (χ0) is 15.8. The average Bonchev–Trinajstić information content (AvgIpc) is 2.32. The Hall–Kier alpha value is -1.44. The Morgan fingerprint density at radius 3 is 2.30 bits per heavy atom. The van der Waals surface area contributed by atoms with Crippen LogP contribution in [0.1, 0.15) is 20.8 Å². The maximum atomic E-state index is 11.9. The monoisotopic (exact) mass is 306 g/mol. The zero-order valence-electron chi connectivity index (χ0n) is 12.4. The molecule has 0 fully saturated rings. The van der Waals surface area contributed by atoms with E-state index in [2.05, 4.69) is 15.4 Å². The minimum Gasteiger partial charge on any atom is -0.468 e. The first-order valence-corrected chi connectivity index (χ1v) is 7.42. The fourth-order valence-electron chi connectivity index (χ4n) is 1.15. The quantitative estimate of drug-likeness (QED) is 0.695. The number of methoxy groups -OCH3 is 1. The van der Waals surface area contributed by atoms with Gasteiger partial charge in [-0.2, -0.15) is 11.8 Å². The van der Waals surface area contributed by atoms with Crippen LogP contribution >= 0.6 is 11.8 Å². The van der Waals surface area contributed by atoms with Gasteiger partial charge in [0, 0.05) is 5.75 Å². The van der Waals surface area contributed by atoms with Gasteiger partial charge in [0.1, 0.15) is 18.2 Å². The number of nitrogens with one attached hydrogen (secondary N) is 2. The molecule has 7 nitrogen and oxygen atoms in total. The summed E-state index contributed by atoms with van der Waals surface area (Å²) in [5.74, 6) is -0.652. The van der Waals surface area contributed by atoms with Crippen LogP contribution in [0.5, 0.6) is 0 Å². The van der Waals surface area contributed by atoms with Crippen LogP contribution in [0.25, 0.3) is 0 Å². The summed E-state index contributed by atoms with van der Waals surface area (Å²) >= 11 is 1.39. The molecule has 1 unspecified atom stereocenters. The van der Waals surface area contributed by atoms with Crippen LogP contribution in [-0.4, -0.2) is 55.3 Å². The Kier molecular flexibility index (Phi) is 8.05. The van der Waals surface area contributed by atoms with E-state index >= 15 is 0 Å². The van der Waals surface area contributed by atoms with Gasteiger partial charge in [-0.3, -0.25) is 9.59 Å². The van der Waals surface area contributed by atoms with E-state index in [-0.39, 0.29) is 6.54 Å². The van der Waals surface area contributed by atoms with Crippen LogP contribution < -0.4 is 10.6 Å². The molecule has 0 saturated heterocycles. The van der Waals surface area contributed by atoms with E-state index < -0.39 is 29.6 Å². The largest absolute Gasteiger partial charge is 0.468 e. The molecule has 0 saturated carbocycles. The molecule has 0 aliphatic heterocycles. The predicted molar refractivity (Wildman–Crippen MR) is 76.6 cm³/mol. The number of hydrogen-bond donors (Lipinski definition) is 2. The highest BCUT2D eigenvalue weighted by Crippen LogP contribution is 2.07. The lowest BCUT2D eigenvalue weighted by Gasteiger charge is -2.22. The van der Waals surface area contributed by atoms with Crippen LogP contribution in [0.4, 0.5) is 4.79 Å². The molecular weight excluding hydrogens is 284 g/mol. The van der Waals surface area contributed by atoms with E-state index in [9.17, 15) is 14.4 Å². The van der Waals surface area contributed by atoms with Crippen molar-refractivity contribution in [2.75, 3.05) is 25.7 Å². The van der Waals surface area contributed by atoms with Gasteiger partial charge in [0.15, 0.2) is 0 Å². The molecule has 0 rings (SSSR count). The molecule has 0 aromatic carbocycles. The van der Waals surface area contributed by atoms with E-state index in [1.165, 1.54) is 18.9 Å². The second-order valence-corrected chi connectivity index (χ2v) is 5.86. The molecule has 1 atom stereocenters. The highest BCUT2D eigenvalue weighted by Gasteiger charge is 2.24. The van der Waals surface area contributed by atoms with E-state index in [0.717, 1.165) is 0 Å². The van der Waals surface area contributed by atoms with Crippen molar-refractivity contribution >= 4 is 29.7 Å². The molecule has 2 amide bonds. The van der Waals surface area contributed by atoms with Crippen molar-refractivity contribution in [3.05, 3.63) is 0 Å². The number of hydrogen-bond acceptors (Lipinski definition) is 6. The molecule has 8 heteroatoms. The summed E-state index contributed by atoms with van der Waals surface area (Å²) in [5, 5.41) is 4.86. The molecule has 0 radical (unpaired) electrons. The van der Waals surface area contributed by atoms with Crippen molar-refractivity contribution in [2.45, 2.75) is 32.4 Å². The van der Waals surface area contributed by atoms with Crippen molar-refractivity contribution in [3.8, 4) is 0 Å². The molecule has 0 bridgehead atoms. The van der Waals surface area contributed by atoms with E-state index in [1.807, 2.05) is 0 Å². The van der Waals surface area contributed by atoms with Gasteiger partial charge in [0.25, 0.3) is 0 Å². The lowest BCUT2D eigenvalue weighted by atomic mass is 10.2. The first kappa shape index (κ1) is 18.6. The Bertz CT molecular complexity index is 354. The maximum absolute atomic E-state index is 11.9. The van der Waals surface area contributed by atoms with Gasteiger partial charge in [-0.05, 0) is 27.0 Å². The lowest BCUT2D eigenvalue weighted by molar-refractivity contribution is -0.141. The molecule has 0 spiro atoms. The number of rotatable bonds is 6. The average molecular weight is 306 g/mol. The van der Waals surface area contributed by atoms with Gasteiger partial charge in [-0.25, -0.2) is 4.79 Å². The number of amides is 2. The molecule has 20 heavy (non-hydrogen) atoms. The van der Waals surface area contributed by atoms with Crippen molar-refractivity contribution in [3.63, 3.8) is 0 Å². The fourth-order valence-corrected chi connectivity index (χ4v) is 1.72. The smallest absolute Gasteiger partial charge is 0.408 e. The third kappa shape index (κ3) is 8.63. The fraction of sp³-hybridized carbons (Fsp3) is 0.750. The van der Waals surface area contributed by atoms with Gasteiger partial charge in [-0.1, -0.05) is 0 Å². The summed E-state index contributed by atoms with van der Waals surface area (Å²) in [6.45, 7) is 4.95. The summed E-state index contributed by atoms with van der Waals surface area (Å²) in [6, 6.07) is -0.774. The summed E-state index contributed by atoms with van der Waals surface area (Å²) in [6.07, 6.45) is 1.13. The van der Waals surface area contributed by atoms with Gasteiger partial charge >= 0.3 is 12.1 Å². The third-order valence-corrected chi connectivity index (χ3v) is 2.64. The van der Waals surface area contributed by atoms with E-state index in [1.54, 1.807) is 27.0 Å². The summed E-state index contributed by atoms with van der Waals surface area (Å²) < 4.78 is 9.50. The number of carbonyl (C=O) groups is 3. The van der Waals surface area contributed by atoms with Gasteiger partial charge in [0.05, 0.1) is 7.11 Å². The van der Waals surface area contributed by atoms with Gasteiger partial charge in [-0.15, -0.1) is 0 Å². The Labute approximate surface area is 123 Å². The molecule has 0 aromatic heterocycles. The molecule has 0 aliphatic rings. The first-order valence-electron chi connectivity index (χ1n) is 6.02. The Morgan fingerprint density at radius 1 is 1.25 bits per heavy atom. The lowest BCUT2D eigenvalue weighted by Crippen LogP contribution is -2.50. The van der Waals surface area contributed by atoms with Crippen molar-refractivity contribution in [1.29, 1.82) is 0 Å². The van der Waals surface area contributed by atoms with Crippen molar-refractivity contribution < 1.29 is 23.9 Å². The van der Waals surface area contributed by atoms with Crippen LogP contribution in [0, 0.1) is 0 Å². The number of carbonyl (C=O) groups excluding carboxylic acids is 3. The van der Waals surface area contributed by atoms with Crippen LogP contribution in [0.3, 0.4) is 0 Å². The topological polar surface area (TPSA) is 93.7 Å². The molecule has 0 heterocycles. The molecule has 0 aromatic rings. The second-order valence-electron chi connectivity index (χ2n) is 4.95. The number of alkyl carbamates (subject to hydrolysis) is 1. The summed E-state index contributed by atoms with van der Waals surface area (Å²) in [5.41, 5.74) is -0.642. The molecular formula is C12H22N2O5S. The predicted octanol–water partition coefficient (Wildman–Crippen LogP) is 0.532. The van der Waals surface area contributed by atoms with Crippen molar-refractivity contribution in [2.24, 2.45) is 0 Å². The number of ether oxygens (including phenoxy) is 2. The second kappa shape index (κ2) is 8.68. The summed E-state index contributed by atoms with van der Waals surface area (Å²) in [7, 11) is 1.23. The minimum atomic E-state index is -0.774. The highest BCUT2D eigenvalue weighted by molar-refractivity contribution is 7.98. The van der Waals surface area contributed by atoms with Gasteiger partial charge in [0.2, 0.25) is 5.91 Å². The number of thioether (sulfide) groups is 1. The third-order valence-electron chi connectivity index (χ3n) is 1.98. The van der Waals surface area contributed by atoms with E-state index in [0.29, 0.717) is 5.75 Å². The minimum absolute atomic E-state index is 0.240. The molecule has 2 N–H and O–H groups in total. The first-order chi connectivity index (χ1) is 9.19. The van der Waals surface area contributed by atoms with Crippen LogP contribution in [0.2, 0.25) is 0 Å². The Balaban J connectivity index is 4.44. The highest BCUT2D eigenvalue weighted by atomic mass is 32.2. The standard InChI is InChI=1S/C12H22N2O5S/c1-12(2,3)19-11(17)14-8(7-20-5)10(16)13-6-9(15)18-4/h8H,6-7H2,1-5H3,(H,13,16)(H,14,17). The van der Waals surface area contributed by atoms with E-state index in [4.69, 9.17) is 4.74 Å². The van der Waals surface area contributed by atoms with Crippen molar-refractivity contribution in [1.82, 2.24) is 10.6 Å². The van der Waals surface area contributed by atoms with Crippen LogP contribution in [-0.2, 0) is 19.1 Å². The molecule has 0 aliphatic carbocycles. The SMILES string of the molecule is COC(=O)CNC(=O)C(CSC)NC(=O)OC(C)(C)C. The summed E-state index contributed by atoms with van der Waals surface area (Å²) in [4.78, 5) is 34.4. The normalized spacial score (nSPS) is 12.2. The Morgan fingerprint density at radius 2 is 1.85 bits per heavy atom. The molecule has 116 valence electrons. The van der Waals surface area contributed by atoms with Gasteiger partial charge < -0.3 is 20.1 Å². The number of esters is 1. The van der Waals surface area contributed by atoms with Crippen LogP contribution in [0.15, 0.2) is 0 Å².